The molecular weight excluding hydrogens is 440 g/mol. The van der Waals surface area contributed by atoms with E-state index in [1.165, 1.54) is 0 Å². The molecule has 0 spiro atoms. The van der Waals surface area contributed by atoms with Crippen LogP contribution in [0.2, 0.25) is 0 Å². The molecular formula is C21H17BrN2O5. The second-order valence-corrected chi connectivity index (χ2v) is 7.83. The lowest BCUT2D eigenvalue weighted by molar-refractivity contribution is -0.152. The van der Waals surface area contributed by atoms with Crippen molar-refractivity contribution in [2.45, 2.75) is 12.1 Å². The number of nitrogens with zero attached hydrogens (tertiary/aromatic N) is 1. The maximum Gasteiger partial charge on any atom is 0.328 e. The zero-order chi connectivity index (χ0) is 20.7. The van der Waals surface area contributed by atoms with Crippen molar-refractivity contribution in [1.82, 2.24) is 10.2 Å². The SMILES string of the molecule is O=C(O)[C@H]1NCCN(C(=O)c2ccc3c(ccc4cc(Br)ccc43)c2)[C@H]1C(=O)O. The van der Waals surface area contributed by atoms with Gasteiger partial charge in [-0.3, -0.25) is 9.59 Å². The number of hydrogen-bond donors (Lipinski definition) is 3. The van der Waals surface area contributed by atoms with Gasteiger partial charge in [-0.1, -0.05) is 40.2 Å². The summed E-state index contributed by atoms with van der Waals surface area (Å²) in [6.07, 6.45) is 0. The van der Waals surface area contributed by atoms with Crippen molar-refractivity contribution < 1.29 is 24.6 Å². The smallest absolute Gasteiger partial charge is 0.328 e. The average Bonchev–Trinajstić information content (AvgIpc) is 2.71. The van der Waals surface area contributed by atoms with E-state index in [4.69, 9.17) is 0 Å². The number of aliphatic carboxylic acids is 2. The minimum Gasteiger partial charge on any atom is -0.480 e. The Morgan fingerprint density at radius 3 is 2.24 bits per heavy atom. The van der Waals surface area contributed by atoms with Gasteiger partial charge in [0.2, 0.25) is 0 Å². The molecule has 29 heavy (non-hydrogen) atoms. The second kappa shape index (κ2) is 7.46. The Balaban J connectivity index is 1.74. The highest BCUT2D eigenvalue weighted by molar-refractivity contribution is 9.10. The first-order valence-corrected chi connectivity index (χ1v) is 9.78. The lowest BCUT2D eigenvalue weighted by Crippen LogP contribution is -2.65. The highest BCUT2D eigenvalue weighted by Gasteiger charge is 2.43. The number of halogens is 1. The van der Waals surface area contributed by atoms with Gasteiger partial charge in [0.05, 0.1) is 0 Å². The number of rotatable bonds is 3. The number of amides is 1. The predicted octanol–water partition coefficient (Wildman–Crippen LogP) is 2.71. The van der Waals surface area contributed by atoms with Crippen molar-refractivity contribution in [3.8, 4) is 0 Å². The molecule has 3 aromatic rings. The number of hydrogen-bond acceptors (Lipinski definition) is 4. The van der Waals surface area contributed by atoms with E-state index in [0.717, 1.165) is 30.9 Å². The molecule has 2 atom stereocenters. The first-order chi connectivity index (χ1) is 13.9. The molecule has 0 aromatic heterocycles. The number of benzene rings is 3. The van der Waals surface area contributed by atoms with E-state index in [9.17, 15) is 24.6 Å². The molecule has 0 unspecified atom stereocenters. The van der Waals surface area contributed by atoms with Crippen molar-refractivity contribution in [3.05, 3.63) is 58.6 Å². The van der Waals surface area contributed by atoms with Crippen LogP contribution in [0.3, 0.4) is 0 Å². The van der Waals surface area contributed by atoms with Crippen molar-refractivity contribution in [2.75, 3.05) is 13.1 Å². The van der Waals surface area contributed by atoms with Gasteiger partial charge in [-0.05, 0) is 45.8 Å². The molecule has 0 aliphatic carbocycles. The summed E-state index contributed by atoms with van der Waals surface area (Å²) in [6.45, 7) is 0.322. The Bertz CT molecular complexity index is 1160. The number of carboxylic acid groups (broad SMARTS) is 2. The molecule has 1 fully saturated rings. The van der Waals surface area contributed by atoms with Crippen LogP contribution in [0.25, 0.3) is 21.5 Å². The topological polar surface area (TPSA) is 107 Å². The molecule has 8 heteroatoms. The van der Waals surface area contributed by atoms with E-state index in [-0.39, 0.29) is 13.1 Å². The summed E-state index contributed by atoms with van der Waals surface area (Å²) in [5.41, 5.74) is 0.325. The summed E-state index contributed by atoms with van der Waals surface area (Å²) >= 11 is 3.46. The van der Waals surface area contributed by atoms with Gasteiger partial charge in [0, 0.05) is 23.1 Å². The summed E-state index contributed by atoms with van der Waals surface area (Å²) in [5.74, 6) is -3.15. The van der Waals surface area contributed by atoms with Gasteiger partial charge < -0.3 is 20.4 Å². The average molecular weight is 457 g/mol. The number of nitrogens with one attached hydrogen (secondary N) is 1. The van der Waals surface area contributed by atoms with Gasteiger partial charge in [-0.25, -0.2) is 4.79 Å². The third-order valence-electron chi connectivity index (χ3n) is 5.19. The summed E-state index contributed by atoms with van der Waals surface area (Å²) in [4.78, 5) is 37.3. The molecule has 0 bridgehead atoms. The zero-order valence-corrected chi connectivity index (χ0v) is 16.7. The maximum atomic E-state index is 13.1. The quantitative estimate of drug-likeness (QED) is 0.523. The monoisotopic (exact) mass is 456 g/mol. The van der Waals surface area contributed by atoms with Crippen molar-refractivity contribution >= 4 is 55.3 Å². The molecule has 3 N–H and O–H groups in total. The molecule has 1 aliphatic rings. The van der Waals surface area contributed by atoms with Crippen LogP contribution in [-0.2, 0) is 9.59 Å². The van der Waals surface area contributed by atoms with Crippen LogP contribution < -0.4 is 5.32 Å². The molecule has 1 saturated heterocycles. The van der Waals surface area contributed by atoms with E-state index in [2.05, 4.69) is 21.2 Å². The Hall–Kier alpha value is -2.97. The van der Waals surface area contributed by atoms with Gasteiger partial charge in [0.1, 0.15) is 6.04 Å². The van der Waals surface area contributed by atoms with E-state index in [1.54, 1.807) is 12.1 Å². The van der Waals surface area contributed by atoms with Crippen LogP contribution in [-0.4, -0.2) is 58.1 Å². The van der Waals surface area contributed by atoms with Gasteiger partial charge in [-0.15, -0.1) is 0 Å². The fourth-order valence-electron chi connectivity index (χ4n) is 3.84. The molecule has 0 saturated carbocycles. The van der Waals surface area contributed by atoms with Crippen molar-refractivity contribution in [2.24, 2.45) is 0 Å². The summed E-state index contributed by atoms with van der Waals surface area (Å²) < 4.78 is 0.975. The van der Waals surface area contributed by atoms with Gasteiger partial charge >= 0.3 is 11.9 Å². The van der Waals surface area contributed by atoms with Gasteiger partial charge in [0.15, 0.2) is 6.04 Å². The number of piperazine rings is 1. The van der Waals surface area contributed by atoms with Gasteiger partial charge in [-0.2, -0.15) is 0 Å². The minimum atomic E-state index is -1.47. The molecule has 1 amide bonds. The lowest BCUT2D eigenvalue weighted by atomic mass is 9.98. The lowest BCUT2D eigenvalue weighted by Gasteiger charge is -2.37. The van der Waals surface area contributed by atoms with Crippen LogP contribution >= 0.6 is 15.9 Å². The number of carboxylic acids is 2. The highest BCUT2D eigenvalue weighted by Crippen LogP contribution is 2.29. The summed E-state index contributed by atoms with van der Waals surface area (Å²) in [6, 6.07) is 12.2. The normalized spacial score (nSPS) is 19.4. The molecule has 3 aromatic carbocycles. The third-order valence-corrected chi connectivity index (χ3v) is 5.69. The van der Waals surface area contributed by atoms with E-state index in [0.29, 0.717) is 5.56 Å². The Kier molecular flexibility index (Phi) is 4.97. The molecule has 0 radical (unpaired) electrons. The maximum absolute atomic E-state index is 13.1. The molecule has 148 valence electrons. The zero-order valence-electron chi connectivity index (χ0n) is 15.1. The van der Waals surface area contributed by atoms with Crippen LogP contribution in [0.15, 0.2) is 53.0 Å². The predicted molar refractivity (Wildman–Crippen MR) is 111 cm³/mol. The van der Waals surface area contributed by atoms with Crippen LogP contribution in [0.1, 0.15) is 10.4 Å². The molecule has 1 aliphatic heterocycles. The largest absolute Gasteiger partial charge is 0.480 e. The van der Waals surface area contributed by atoms with Crippen LogP contribution in [0, 0.1) is 0 Å². The van der Waals surface area contributed by atoms with E-state index >= 15 is 0 Å². The number of fused-ring (bicyclic) bond motifs is 3. The minimum absolute atomic E-state index is 0.114. The van der Waals surface area contributed by atoms with Crippen molar-refractivity contribution in [3.63, 3.8) is 0 Å². The molecule has 7 nitrogen and oxygen atoms in total. The van der Waals surface area contributed by atoms with Crippen LogP contribution in [0.4, 0.5) is 0 Å². The molecule has 1 heterocycles. The number of carbonyl (C=O) groups excluding carboxylic acids is 1. The fourth-order valence-corrected chi connectivity index (χ4v) is 4.22. The number of carbonyl (C=O) groups is 3. The fraction of sp³-hybridized carbons (Fsp3) is 0.190. The Morgan fingerprint density at radius 2 is 1.59 bits per heavy atom. The molecule has 4 rings (SSSR count). The van der Waals surface area contributed by atoms with E-state index in [1.807, 2.05) is 36.4 Å². The first kappa shape index (κ1) is 19.4. The highest BCUT2D eigenvalue weighted by atomic mass is 79.9. The summed E-state index contributed by atoms with van der Waals surface area (Å²) in [5, 5.41) is 25.4. The third kappa shape index (κ3) is 3.45. The Morgan fingerprint density at radius 1 is 0.931 bits per heavy atom. The second-order valence-electron chi connectivity index (χ2n) is 6.92. The van der Waals surface area contributed by atoms with Crippen LogP contribution in [0.5, 0.6) is 0 Å². The van der Waals surface area contributed by atoms with E-state index < -0.39 is 29.9 Å². The van der Waals surface area contributed by atoms with Crippen molar-refractivity contribution in [1.29, 1.82) is 0 Å². The summed E-state index contributed by atoms with van der Waals surface area (Å²) in [7, 11) is 0. The first-order valence-electron chi connectivity index (χ1n) is 8.99. The Labute approximate surface area is 174 Å². The standard InChI is InChI=1S/C21H17BrN2O5/c22-14-4-6-16-12(10-14)2-1-11-9-13(3-5-15(11)16)19(25)24-8-7-23-17(20(26)27)18(24)21(28)29/h1-6,9-10,17-18,23H,7-8H2,(H,26,27)(H,28,29)/t17-,18+/m0/s1. The van der Waals surface area contributed by atoms with Gasteiger partial charge in [0.25, 0.3) is 5.91 Å².